The molecule has 0 bridgehead atoms. The Morgan fingerprint density at radius 2 is 1.88 bits per heavy atom. The molecule has 17 heavy (non-hydrogen) atoms. The van der Waals surface area contributed by atoms with Gasteiger partial charge in [-0.15, -0.1) is 0 Å². The maximum absolute atomic E-state index is 6.09. The van der Waals surface area contributed by atoms with Gasteiger partial charge < -0.3 is 8.85 Å². The fraction of sp³-hybridized carbons (Fsp3) is 0.286. The van der Waals surface area contributed by atoms with Crippen LogP contribution >= 0.6 is 0 Å². The van der Waals surface area contributed by atoms with E-state index in [2.05, 4.69) is 36.4 Å². The summed E-state index contributed by atoms with van der Waals surface area (Å²) in [6.45, 7) is 0.877. The van der Waals surface area contributed by atoms with Crippen molar-refractivity contribution in [2.45, 2.75) is 18.9 Å². The average Bonchev–Trinajstić information content (AvgIpc) is 2.40. The Kier molecular flexibility index (Phi) is 3.11. The molecule has 0 radical (unpaired) electrons. The van der Waals surface area contributed by atoms with Crippen molar-refractivity contribution in [3.8, 4) is 5.75 Å². The van der Waals surface area contributed by atoms with Crippen LogP contribution in [0.2, 0.25) is 6.04 Å². The Morgan fingerprint density at radius 1 is 1.00 bits per heavy atom. The molecule has 0 aliphatic carbocycles. The largest absolute Gasteiger partial charge is 0.522 e. The zero-order valence-electron chi connectivity index (χ0n) is 9.76. The van der Waals surface area contributed by atoms with Gasteiger partial charge in [0.05, 0.1) is 0 Å². The van der Waals surface area contributed by atoms with Crippen molar-refractivity contribution >= 4 is 20.1 Å². The molecule has 2 nitrogen and oxygen atoms in total. The van der Waals surface area contributed by atoms with Gasteiger partial charge in [0.25, 0.3) is 0 Å². The molecular weight excluding hydrogens is 228 g/mol. The Labute approximate surface area is 103 Å². The van der Waals surface area contributed by atoms with Crippen LogP contribution in [-0.2, 0) is 4.43 Å². The average molecular weight is 244 g/mol. The van der Waals surface area contributed by atoms with Crippen molar-refractivity contribution in [2.75, 3.05) is 6.61 Å². The maximum Gasteiger partial charge on any atom is 0.382 e. The molecule has 1 heterocycles. The molecule has 1 fully saturated rings. The quantitative estimate of drug-likeness (QED) is 0.755. The fourth-order valence-electron chi connectivity index (χ4n) is 2.24. The van der Waals surface area contributed by atoms with Gasteiger partial charge in [-0.25, -0.2) is 0 Å². The molecule has 0 amide bonds. The lowest BCUT2D eigenvalue weighted by Crippen LogP contribution is -2.30. The summed E-state index contributed by atoms with van der Waals surface area (Å²) < 4.78 is 11.8. The van der Waals surface area contributed by atoms with E-state index in [1.807, 2.05) is 6.07 Å². The fourth-order valence-corrected chi connectivity index (χ4v) is 4.14. The molecule has 3 heteroatoms. The van der Waals surface area contributed by atoms with Crippen molar-refractivity contribution in [1.82, 2.24) is 0 Å². The van der Waals surface area contributed by atoms with Crippen molar-refractivity contribution in [2.24, 2.45) is 0 Å². The van der Waals surface area contributed by atoms with Gasteiger partial charge in [0.2, 0.25) is 0 Å². The van der Waals surface area contributed by atoms with Crippen LogP contribution < -0.4 is 4.43 Å². The van der Waals surface area contributed by atoms with Gasteiger partial charge in [0, 0.05) is 12.0 Å². The second-order valence-corrected chi connectivity index (χ2v) is 6.40. The Hall–Kier alpha value is -1.32. The zero-order valence-corrected chi connectivity index (χ0v) is 10.9. The third-order valence-corrected chi connectivity index (χ3v) is 5.15. The summed E-state index contributed by atoms with van der Waals surface area (Å²) in [4.78, 5) is 0. The van der Waals surface area contributed by atoms with E-state index in [1.54, 1.807) is 0 Å². The molecule has 1 saturated heterocycles. The number of hydrogen-bond acceptors (Lipinski definition) is 2. The lowest BCUT2D eigenvalue weighted by atomic mass is 10.1. The second-order valence-electron chi connectivity index (χ2n) is 4.39. The van der Waals surface area contributed by atoms with Crippen LogP contribution in [-0.4, -0.2) is 15.9 Å². The third kappa shape index (κ3) is 2.35. The smallest absolute Gasteiger partial charge is 0.382 e. The molecule has 2 aromatic rings. The van der Waals surface area contributed by atoms with E-state index < -0.39 is 9.28 Å². The van der Waals surface area contributed by atoms with Crippen molar-refractivity contribution in [3.63, 3.8) is 0 Å². The van der Waals surface area contributed by atoms with E-state index in [-0.39, 0.29) is 0 Å². The number of hydrogen-bond donors (Lipinski definition) is 0. The molecule has 88 valence electrons. The van der Waals surface area contributed by atoms with Crippen LogP contribution in [0, 0.1) is 0 Å². The lowest BCUT2D eigenvalue weighted by molar-refractivity contribution is 0.237. The first-order valence-electron chi connectivity index (χ1n) is 6.19. The van der Waals surface area contributed by atoms with Gasteiger partial charge in [-0.3, -0.25) is 0 Å². The van der Waals surface area contributed by atoms with Crippen LogP contribution in [0.1, 0.15) is 12.8 Å². The summed E-state index contributed by atoms with van der Waals surface area (Å²) in [7, 11) is -1.46. The molecule has 0 saturated carbocycles. The maximum atomic E-state index is 6.09. The van der Waals surface area contributed by atoms with E-state index in [1.165, 1.54) is 23.6 Å². The monoisotopic (exact) mass is 244 g/mol. The molecule has 1 unspecified atom stereocenters. The summed E-state index contributed by atoms with van der Waals surface area (Å²) >= 11 is 0. The van der Waals surface area contributed by atoms with Crippen LogP contribution in [0.5, 0.6) is 5.75 Å². The summed E-state index contributed by atoms with van der Waals surface area (Å²) in [5.74, 6) is 0.988. The number of rotatable bonds is 2. The van der Waals surface area contributed by atoms with Gasteiger partial charge >= 0.3 is 9.28 Å². The van der Waals surface area contributed by atoms with Crippen molar-refractivity contribution in [3.05, 3.63) is 42.5 Å². The molecule has 2 aromatic carbocycles. The van der Waals surface area contributed by atoms with Crippen LogP contribution in [0.4, 0.5) is 0 Å². The first-order chi connectivity index (χ1) is 8.43. The molecule has 1 atom stereocenters. The molecule has 0 N–H and O–H groups in total. The van der Waals surface area contributed by atoms with Gasteiger partial charge in [-0.2, -0.15) is 0 Å². The molecular formula is C14H16O2Si. The standard InChI is InChI=1S/C14H16O2Si/c1-2-8-13-12(6-1)7-5-9-14(13)16-17-11-4-3-10-15-17/h1-2,5-9,17H,3-4,10-11H2. The molecule has 3 rings (SSSR count). The second kappa shape index (κ2) is 4.90. The van der Waals surface area contributed by atoms with E-state index in [0.29, 0.717) is 0 Å². The Morgan fingerprint density at radius 3 is 2.76 bits per heavy atom. The first-order valence-corrected chi connectivity index (χ1v) is 7.95. The summed E-state index contributed by atoms with van der Waals surface area (Å²) in [5, 5.41) is 2.42. The van der Waals surface area contributed by atoms with E-state index in [4.69, 9.17) is 8.85 Å². The highest BCUT2D eigenvalue weighted by atomic mass is 28.3. The molecule has 0 spiro atoms. The minimum Gasteiger partial charge on any atom is -0.522 e. The topological polar surface area (TPSA) is 18.5 Å². The van der Waals surface area contributed by atoms with Crippen molar-refractivity contribution < 1.29 is 8.85 Å². The molecule has 0 aromatic heterocycles. The highest BCUT2D eigenvalue weighted by molar-refractivity contribution is 6.45. The molecule has 1 aliphatic rings. The highest BCUT2D eigenvalue weighted by Crippen LogP contribution is 2.27. The van der Waals surface area contributed by atoms with Gasteiger partial charge in [0.15, 0.2) is 0 Å². The van der Waals surface area contributed by atoms with Crippen LogP contribution in [0.3, 0.4) is 0 Å². The van der Waals surface area contributed by atoms with E-state index >= 15 is 0 Å². The highest BCUT2D eigenvalue weighted by Gasteiger charge is 2.19. The van der Waals surface area contributed by atoms with Crippen molar-refractivity contribution in [1.29, 1.82) is 0 Å². The summed E-state index contributed by atoms with van der Waals surface area (Å²) in [5.41, 5.74) is 0. The number of benzene rings is 2. The number of fused-ring (bicyclic) bond motifs is 1. The normalized spacial score (nSPS) is 20.4. The Bertz CT molecular complexity index is 501. The first kappa shape index (κ1) is 10.8. The van der Waals surface area contributed by atoms with Gasteiger partial charge in [-0.1, -0.05) is 36.4 Å². The SMILES string of the molecule is c1ccc2c(O[SiH]3CCCCO3)cccc2c1. The zero-order chi connectivity index (χ0) is 11.5. The van der Waals surface area contributed by atoms with Gasteiger partial charge in [-0.05, 0) is 30.3 Å². The van der Waals surface area contributed by atoms with E-state index in [0.717, 1.165) is 18.4 Å². The predicted octanol–water partition coefficient (Wildman–Crippen LogP) is 3.25. The summed E-state index contributed by atoms with van der Waals surface area (Å²) in [6.07, 6.45) is 2.43. The van der Waals surface area contributed by atoms with Crippen LogP contribution in [0.15, 0.2) is 42.5 Å². The lowest BCUT2D eigenvalue weighted by Gasteiger charge is -2.22. The summed E-state index contributed by atoms with van der Waals surface area (Å²) in [6, 6.07) is 15.7. The van der Waals surface area contributed by atoms with E-state index in [9.17, 15) is 0 Å². The van der Waals surface area contributed by atoms with Crippen LogP contribution in [0.25, 0.3) is 10.8 Å². The minimum absolute atomic E-state index is 0.877. The van der Waals surface area contributed by atoms with Gasteiger partial charge in [0.1, 0.15) is 5.75 Å². The predicted molar refractivity (Wildman–Crippen MR) is 71.7 cm³/mol. The third-order valence-electron chi connectivity index (χ3n) is 3.15. The Balaban J connectivity index is 1.89. The minimum atomic E-state index is -1.46. The molecule has 1 aliphatic heterocycles.